The molecule has 1 aliphatic heterocycles. The molecular formula is C7H14FNO. The Kier molecular flexibility index (Phi) is 2.63. The van der Waals surface area contributed by atoms with Crippen molar-refractivity contribution in [2.75, 3.05) is 13.6 Å². The predicted octanol–water partition coefficient (Wildman–Crippen LogP) is 1.37. The first kappa shape index (κ1) is 7.95. The van der Waals surface area contributed by atoms with E-state index in [9.17, 15) is 4.53 Å². The van der Waals surface area contributed by atoms with Crippen molar-refractivity contribution in [1.82, 2.24) is 4.90 Å². The van der Waals surface area contributed by atoms with Crippen LogP contribution < -0.4 is 0 Å². The summed E-state index contributed by atoms with van der Waals surface area (Å²) >= 11 is 0. The van der Waals surface area contributed by atoms with Crippen molar-refractivity contribution in [2.45, 2.75) is 31.9 Å². The number of likely N-dealkylation sites (N-methyl/N-ethyl adjacent to an activating group) is 1. The van der Waals surface area contributed by atoms with E-state index in [0.717, 1.165) is 19.4 Å². The van der Waals surface area contributed by atoms with Crippen LogP contribution in [0.1, 0.15) is 19.8 Å². The van der Waals surface area contributed by atoms with Gasteiger partial charge in [-0.3, -0.25) is 0 Å². The van der Waals surface area contributed by atoms with E-state index < -0.39 is 0 Å². The molecule has 10 heavy (non-hydrogen) atoms. The second-order valence-electron chi connectivity index (χ2n) is 3.08. The minimum atomic E-state index is -0.193. The molecule has 1 rings (SSSR count). The number of hydrogen-bond acceptors (Lipinski definition) is 2. The summed E-state index contributed by atoms with van der Waals surface area (Å²) in [7, 11) is 2.00. The van der Waals surface area contributed by atoms with Crippen LogP contribution in [0.25, 0.3) is 0 Å². The van der Waals surface area contributed by atoms with Crippen LogP contribution in [0.15, 0.2) is 0 Å². The van der Waals surface area contributed by atoms with E-state index in [2.05, 4.69) is 16.8 Å². The Labute approximate surface area is 60.9 Å². The highest BCUT2D eigenvalue weighted by atomic mass is 19.3. The first-order valence-corrected chi connectivity index (χ1v) is 3.71. The third-order valence-electron chi connectivity index (χ3n) is 2.28. The normalized spacial score (nSPS) is 36.3. The lowest BCUT2D eigenvalue weighted by Gasteiger charge is -2.32. The highest BCUT2D eigenvalue weighted by Gasteiger charge is 2.23. The molecule has 1 aliphatic rings. The first-order valence-electron chi connectivity index (χ1n) is 3.71. The zero-order chi connectivity index (χ0) is 7.56. The Hall–Kier alpha value is -0.150. The van der Waals surface area contributed by atoms with Crippen LogP contribution in [0.3, 0.4) is 0 Å². The van der Waals surface area contributed by atoms with Gasteiger partial charge in [0.25, 0.3) is 0 Å². The SMILES string of the molecule is CC1CCC(OF)CN1C. The van der Waals surface area contributed by atoms with Crippen molar-refractivity contribution in [3.05, 3.63) is 0 Å². The van der Waals surface area contributed by atoms with Gasteiger partial charge < -0.3 is 4.90 Å². The van der Waals surface area contributed by atoms with Gasteiger partial charge in [0, 0.05) is 12.6 Å². The molecule has 2 unspecified atom stereocenters. The molecule has 0 amide bonds. The van der Waals surface area contributed by atoms with E-state index in [-0.39, 0.29) is 6.10 Å². The van der Waals surface area contributed by atoms with Crippen molar-refractivity contribution < 1.29 is 9.47 Å². The fourth-order valence-electron chi connectivity index (χ4n) is 1.31. The standard InChI is InChI=1S/C7H14FNO/c1-6-3-4-7(10-8)5-9(6)2/h6-7H,3-5H2,1-2H3. The van der Waals surface area contributed by atoms with Crippen LogP contribution in [0, 0.1) is 0 Å². The lowest BCUT2D eigenvalue weighted by molar-refractivity contribution is -0.194. The minimum Gasteiger partial charge on any atom is -0.301 e. The van der Waals surface area contributed by atoms with Gasteiger partial charge in [0.15, 0.2) is 0 Å². The fourth-order valence-corrected chi connectivity index (χ4v) is 1.31. The topological polar surface area (TPSA) is 12.5 Å². The third kappa shape index (κ3) is 1.67. The lowest BCUT2D eigenvalue weighted by atomic mass is 10.0. The molecule has 60 valence electrons. The van der Waals surface area contributed by atoms with Gasteiger partial charge in [-0.1, -0.05) is 0 Å². The van der Waals surface area contributed by atoms with E-state index in [0.29, 0.717) is 6.04 Å². The summed E-state index contributed by atoms with van der Waals surface area (Å²) in [4.78, 5) is 5.89. The molecule has 0 spiro atoms. The van der Waals surface area contributed by atoms with Gasteiger partial charge >= 0.3 is 0 Å². The Morgan fingerprint density at radius 2 is 2.20 bits per heavy atom. The lowest BCUT2D eigenvalue weighted by Crippen LogP contribution is -2.41. The zero-order valence-electron chi connectivity index (χ0n) is 6.51. The Balaban J connectivity index is 2.33. The van der Waals surface area contributed by atoms with Crippen LogP contribution in [0.5, 0.6) is 0 Å². The molecule has 0 aromatic heterocycles. The third-order valence-corrected chi connectivity index (χ3v) is 2.28. The second-order valence-corrected chi connectivity index (χ2v) is 3.08. The van der Waals surface area contributed by atoms with Crippen LogP contribution in [0.4, 0.5) is 4.53 Å². The molecule has 0 saturated carbocycles. The average Bonchev–Trinajstić information content (AvgIpc) is 1.95. The molecule has 0 N–H and O–H groups in total. The maximum absolute atomic E-state index is 11.7. The van der Waals surface area contributed by atoms with Gasteiger partial charge in [-0.2, -0.15) is 4.94 Å². The van der Waals surface area contributed by atoms with E-state index in [1.165, 1.54) is 0 Å². The van der Waals surface area contributed by atoms with Gasteiger partial charge in [0.2, 0.25) is 0 Å². The number of nitrogens with zero attached hydrogens (tertiary/aromatic N) is 1. The quantitative estimate of drug-likeness (QED) is 0.555. The first-order chi connectivity index (χ1) is 4.74. The van der Waals surface area contributed by atoms with Gasteiger partial charge in [-0.05, 0) is 31.3 Å². The largest absolute Gasteiger partial charge is 0.301 e. The fraction of sp³-hybridized carbons (Fsp3) is 1.00. The van der Waals surface area contributed by atoms with Gasteiger partial charge in [-0.15, -0.1) is 0 Å². The smallest absolute Gasteiger partial charge is 0.111 e. The highest BCUT2D eigenvalue weighted by Crippen LogP contribution is 2.17. The van der Waals surface area contributed by atoms with Crippen LogP contribution in [-0.2, 0) is 4.94 Å². The Morgan fingerprint density at radius 3 is 2.70 bits per heavy atom. The molecule has 3 heteroatoms. The molecule has 0 aliphatic carbocycles. The Morgan fingerprint density at radius 1 is 1.50 bits per heavy atom. The number of halogens is 1. The molecule has 2 atom stereocenters. The van der Waals surface area contributed by atoms with Crippen molar-refractivity contribution in [3.8, 4) is 0 Å². The van der Waals surface area contributed by atoms with Gasteiger partial charge in [-0.25, -0.2) is 0 Å². The molecule has 1 heterocycles. The van der Waals surface area contributed by atoms with Crippen LogP contribution >= 0.6 is 0 Å². The Bertz CT molecular complexity index is 110. The van der Waals surface area contributed by atoms with E-state index in [1.54, 1.807) is 0 Å². The zero-order valence-corrected chi connectivity index (χ0v) is 6.51. The summed E-state index contributed by atoms with van der Waals surface area (Å²) in [6.45, 7) is 2.87. The molecule has 1 fully saturated rings. The summed E-state index contributed by atoms with van der Waals surface area (Å²) in [5.74, 6) is 0. The maximum atomic E-state index is 11.7. The van der Waals surface area contributed by atoms with Gasteiger partial charge in [0.1, 0.15) is 6.10 Å². The predicted molar refractivity (Wildman–Crippen MR) is 37.3 cm³/mol. The number of piperidine rings is 1. The highest BCUT2D eigenvalue weighted by molar-refractivity contribution is 4.75. The van der Waals surface area contributed by atoms with E-state index in [4.69, 9.17) is 0 Å². The molecule has 0 bridgehead atoms. The van der Waals surface area contributed by atoms with Crippen molar-refractivity contribution >= 4 is 0 Å². The van der Waals surface area contributed by atoms with E-state index in [1.807, 2.05) is 7.05 Å². The van der Waals surface area contributed by atoms with Crippen molar-refractivity contribution in [1.29, 1.82) is 0 Å². The molecule has 2 nitrogen and oxygen atoms in total. The number of likely N-dealkylation sites (tertiary alicyclic amines) is 1. The number of rotatable bonds is 1. The van der Waals surface area contributed by atoms with Crippen LogP contribution in [-0.4, -0.2) is 30.6 Å². The van der Waals surface area contributed by atoms with Crippen molar-refractivity contribution in [2.24, 2.45) is 0 Å². The van der Waals surface area contributed by atoms with E-state index >= 15 is 0 Å². The summed E-state index contributed by atoms with van der Waals surface area (Å²) in [5, 5.41) is 0. The summed E-state index contributed by atoms with van der Waals surface area (Å²) in [6.07, 6.45) is 1.69. The molecule has 0 aromatic rings. The maximum Gasteiger partial charge on any atom is 0.111 e. The molecular weight excluding hydrogens is 133 g/mol. The number of hydrogen-bond donors (Lipinski definition) is 0. The molecule has 1 saturated heterocycles. The summed E-state index contributed by atoms with van der Waals surface area (Å²) in [6, 6.07) is 0.575. The average molecular weight is 147 g/mol. The summed E-state index contributed by atoms with van der Waals surface area (Å²) < 4.78 is 11.7. The van der Waals surface area contributed by atoms with Crippen LogP contribution in [0.2, 0.25) is 0 Å². The molecule has 0 radical (unpaired) electrons. The van der Waals surface area contributed by atoms with Crippen molar-refractivity contribution in [3.63, 3.8) is 0 Å². The van der Waals surface area contributed by atoms with Gasteiger partial charge in [0.05, 0.1) is 0 Å². The minimum absolute atomic E-state index is 0.193. The molecule has 0 aromatic carbocycles. The summed E-state index contributed by atoms with van der Waals surface area (Å²) in [5.41, 5.74) is 0. The second kappa shape index (κ2) is 3.30. The monoisotopic (exact) mass is 147 g/mol.